The lowest BCUT2D eigenvalue weighted by molar-refractivity contribution is -0.138. The minimum atomic E-state index is -0.925. The standard InChI is InChI=1S/C15H15FN2O3/c1-2-6-18(9-14(19)20)8-13-10-21-15(17-13)11-4-3-5-12(16)7-11/h2-5,7,10H,1,6,8-9H2,(H,19,20). The first kappa shape index (κ1) is 14.9. The minimum Gasteiger partial charge on any atom is -0.480 e. The fraction of sp³-hybridized carbons (Fsp3) is 0.200. The molecule has 1 heterocycles. The van der Waals surface area contributed by atoms with Crippen molar-refractivity contribution in [2.45, 2.75) is 6.54 Å². The lowest BCUT2D eigenvalue weighted by atomic mass is 10.2. The lowest BCUT2D eigenvalue weighted by Crippen LogP contribution is -2.29. The molecule has 0 aliphatic carbocycles. The van der Waals surface area contributed by atoms with Gasteiger partial charge in [0.15, 0.2) is 0 Å². The summed E-state index contributed by atoms with van der Waals surface area (Å²) < 4.78 is 18.5. The Bertz CT molecular complexity index is 639. The first-order valence-corrected chi connectivity index (χ1v) is 6.34. The molecule has 1 N–H and O–H groups in total. The van der Waals surface area contributed by atoms with Crippen molar-refractivity contribution < 1.29 is 18.7 Å². The zero-order valence-electron chi connectivity index (χ0n) is 11.3. The van der Waals surface area contributed by atoms with Crippen molar-refractivity contribution in [1.82, 2.24) is 9.88 Å². The number of carboxylic acid groups (broad SMARTS) is 1. The van der Waals surface area contributed by atoms with E-state index in [1.807, 2.05) is 0 Å². The molecule has 1 aromatic carbocycles. The first-order chi connectivity index (χ1) is 10.1. The van der Waals surface area contributed by atoms with Crippen molar-refractivity contribution in [2.24, 2.45) is 0 Å². The molecule has 2 aromatic rings. The topological polar surface area (TPSA) is 66.6 Å². The van der Waals surface area contributed by atoms with Gasteiger partial charge in [0.2, 0.25) is 5.89 Å². The van der Waals surface area contributed by atoms with Gasteiger partial charge < -0.3 is 9.52 Å². The number of benzene rings is 1. The average molecular weight is 290 g/mol. The molecular weight excluding hydrogens is 275 g/mol. The molecule has 0 bridgehead atoms. The number of oxazole rings is 1. The molecule has 0 aliphatic heterocycles. The van der Waals surface area contributed by atoms with Crippen LogP contribution in [0, 0.1) is 5.82 Å². The highest BCUT2D eigenvalue weighted by molar-refractivity contribution is 5.69. The van der Waals surface area contributed by atoms with E-state index in [1.165, 1.54) is 18.4 Å². The Hall–Kier alpha value is -2.47. The van der Waals surface area contributed by atoms with E-state index in [4.69, 9.17) is 9.52 Å². The van der Waals surface area contributed by atoms with Crippen LogP contribution in [0.5, 0.6) is 0 Å². The van der Waals surface area contributed by atoms with Crippen LogP contribution in [0.3, 0.4) is 0 Å². The molecule has 21 heavy (non-hydrogen) atoms. The molecule has 0 spiro atoms. The summed E-state index contributed by atoms with van der Waals surface area (Å²) in [5, 5.41) is 8.84. The number of carboxylic acids is 1. The summed E-state index contributed by atoms with van der Waals surface area (Å²) in [6.07, 6.45) is 3.06. The predicted molar refractivity (Wildman–Crippen MR) is 75.0 cm³/mol. The van der Waals surface area contributed by atoms with Crippen molar-refractivity contribution in [3.63, 3.8) is 0 Å². The zero-order chi connectivity index (χ0) is 15.2. The number of aromatic nitrogens is 1. The highest BCUT2D eigenvalue weighted by Gasteiger charge is 2.13. The molecule has 0 unspecified atom stereocenters. The minimum absolute atomic E-state index is 0.117. The Balaban J connectivity index is 2.11. The second-order valence-electron chi connectivity index (χ2n) is 4.51. The van der Waals surface area contributed by atoms with Crippen molar-refractivity contribution in [1.29, 1.82) is 0 Å². The van der Waals surface area contributed by atoms with E-state index in [0.717, 1.165) is 0 Å². The van der Waals surface area contributed by atoms with Gasteiger partial charge in [-0.05, 0) is 18.2 Å². The Morgan fingerprint density at radius 3 is 3.00 bits per heavy atom. The van der Waals surface area contributed by atoms with Crippen LogP contribution in [0.2, 0.25) is 0 Å². The molecule has 110 valence electrons. The van der Waals surface area contributed by atoms with Crippen LogP contribution >= 0.6 is 0 Å². The lowest BCUT2D eigenvalue weighted by Gasteiger charge is -2.16. The molecule has 0 saturated carbocycles. The van der Waals surface area contributed by atoms with Crippen LogP contribution in [0.25, 0.3) is 11.5 Å². The number of hydrogen-bond donors (Lipinski definition) is 1. The molecule has 0 saturated heterocycles. The highest BCUT2D eigenvalue weighted by Crippen LogP contribution is 2.20. The van der Waals surface area contributed by atoms with Gasteiger partial charge in [0, 0.05) is 18.7 Å². The molecule has 5 nitrogen and oxygen atoms in total. The second kappa shape index (κ2) is 6.81. The molecule has 2 rings (SSSR count). The van der Waals surface area contributed by atoms with Crippen molar-refractivity contribution in [2.75, 3.05) is 13.1 Å². The van der Waals surface area contributed by atoms with Crippen LogP contribution < -0.4 is 0 Å². The number of nitrogens with zero attached hydrogens (tertiary/aromatic N) is 2. The summed E-state index contributed by atoms with van der Waals surface area (Å²) >= 11 is 0. The third-order valence-electron chi connectivity index (χ3n) is 2.76. The average Bonchev–Trinajstić information content (AvgIpc) is 2.87. The van der Waals surface area contributed by atoms with E-state index in [1.54, 1.807) is 23.1 Å². The Kier molecular flexibility index (Phi) is 4.84. The molecule has 0 amide bonds. The molecule has 0 atom stereocenters. The van der Waals surface area contributed by atoms with Gasteiger partial charge in [-0.3, -0.25) is 9.69 Å². The smallest absolute Gasteiger partial charge is 0.317 e. The van der Waals surface area contributed by atoms with Crippen molar-refractivity contribution >= 4 is 5.97 Å². The Labute approximate surface area is 121 Å². The molecular formula is C15H15FN2O3. The summed E-state index contributed by atoms with van der Waals surface area (Å²) in [6.45, 7) is 4.22. The maximum absolute atomic E-state index is 13.2. The maximum Gasteiger partial charge on any atom is 0.317 e. The fourth-order valence-electron chi connectivity index (χ4n) is 1.92. The van der Waals surface area contributed by atoms with E-state index in [9.17, 15) is 9.18 Å². The van der Waals surface area contributed by atoms with Gasteiger partial charge in [-0.15, -0.1) is 6.58 Å². The SMILES string of the molecule is C=CCN(CC(=O)O)Cc1coc(-c2cccc(F)c2)n1. The van der Waals surface area contributed by atoms with Crippen LogP contribution in [-0.4, -0.2) is 34.0 Å². The second-order valence-corrected chi connectivity index (χ2v) is 4.51. The third-order valence-corrected chi connectivity index (χ3v) is 2.76. The Morgan fingerprint density at radius 2 is 2.33 bits per heavy atom. The van der Waals surface area contributed by atoms with E-state index in [2.05, 4.69) is 11.6 Å². The van der Waals surface area contributed by atoms with E-state index in [-0.39, 0.29) is 12.4 Å². The van der Waals surface area contributed by atoms with Crippen LogP contribution in [0.15, 0.2) is 47.6 Å². The number of rotatable bonds is 7. The van der Waals surface area contributed by atoms with Gasteiger partial charge in [0.25, 0.3) is 0 Å². The number of aliphatic carboxylic acids is 1. The fourth-order valence-corrected chi connectivity index (χ4v) is 1.92. The maximum atomic E-state index is 13.2. The van der Waals surface area contributed by atoms with Gasteiger partial charge in [-0.1, -0.05) is 12.1 Å². The first-order valence-electron chi connectivity index (χ1n) is 6.34. The molecule has 6 heteroatoms. The predicted octanol–water partition coefficient (Wildman–Crippen LogP) is 2.55. The largest absolute Gasteiger partial charge is 0.480 e. The van der Waals surface area contributed by atoms with E-state index >= 15 is 0 Å². The Morgan fingerprint density at radius 1 is 1.52 bits per heavy atom. The molecule has 0 radical (unpaired) electrons. The van der Waals surface area contributed by atoms with Gasteiger partial charge in [-0.2, -0.15) is 0 Å². The van der Waals surface area contributed by atoms with Crippen LogP contribution in [-0.2, 0) is 11.3 Å². The summed E-state index contributed by atoms with van der Waals surface area (Å²) in [6, 6.07) is 5.93. The van der Waals surface area contributed by atoms with Crippen molar-refractivity contribution in [3.05, 3.63) is 54.7 Å². The molecule has 1 aromatic heterocycles. The van der Waals surface area contributed by atoms with Crippen LogP contribution in [0.1, 0.15) is 5.69 Å². The molecule has 0 fully saturated rings. The summed E-state index contributed by atoms with van der Waals surface area (Å²) in [5.41, 5.74) is 1.12. The van der Waals surface area contributed by atoms with Gasteiger partial charge >= 0.3 is 5.97 Å². The quantitative estimate of drug-likeness (QED) is 0.794. The zero-order valence-corrected chi connectivity index (χ0v) is 11.3. The van der Waals surface area contributed by atoms with Gasteiger partial charge in [0.1, 0.15) is 12.1 Å². The highest BCUT2D eigenvalue weighted by atomic mass is 19.1. The van der Waals surface area contributed by atoms with E-state index in [0.29, 0.717) is 30.2 Å². The summed E-state index contributed by atoms with van der Waals surface area (Å²) in [7, 11) is 0. The van der Waals surface area contributed by atoms with Gasteiger partial charge in [0.05, 0.1) is 12.2 Å². The summed E-state index contributed by atoms with van der Waals surface area (Å²) in [4.78, 5) is 16.7. The van der Waals surface area contributed by atoms with Crippen molar-refractivity contribution in [3.8, 4) is 11.5 Å². The third kappa shape index (κ3) is 4.25. The summed E-state index contributed by atoms with van der Waals surface area (Å²) in [5.74, 6) is -0.990. The van der Waals surface area contributed by atoms with Crippen LogP contribution in [0.4, 0.5) is 4.39 Å². The number of hydrogen-bond acceptors (Lipinski definition) is 4. The number of halogens is 1. The number of carbonyl (C=O) groups is 1. The molecule has 0 aliphatic rings. The van der Waals surface area contributed by atoms with Gasteiger partial charge in [-0.25, -0.2) is 9.37 Å². The normalized spacial score (nSPS) is 10.8. The van der Waals surface area contributed by atoms with E-state index < -0.39 is 5.97 Å². The monoisotopic (exact) mass is 290 g/mol.